The van der Waals surface area contributed by atoms with Crippen LogP contribution < -0.4 is 5.73 Å². The molecule has 1 unspecified atom stereocenters. The van der Waals surface area contributed by atoms with Crippen molar-refractivity contribution >= 4 is 5.69 Å². The topological polar surface area (TPSA) is 46.2 Å². The van der Waals surface area contributed by atoms with Gasteiger partial charge in [0.15, 0.2) is 0 Å². The zero-order valence-electron chi connectivity index (χ0n) is 9.93. The summed E-state index contributed by atoms with van der Waals surface area (Å²) in [5, 5.41) is 10.3. The maximum atomic E-state index is 10.3. The van der Waals surface area contributed by atoms with Gasteiger partial charge in [0.25, 0.3) is 0 Å². The van der Waals surface area contributed by atoms with Gasteiger partial charge in [-0.15, -0.1) is 0 Å². The molecule has 0 radical (unpaired) electrons. The summed E-state index contributed by atoms with van der Waals surface area (Å²) in [5.41, 5.74) is 9.38. The third-order valence-corrected chi connectivity index (χ3v) is 2.99. The van der Waals surface area contributed by atoms with Crippen LogP contribution in [0.25, 0.3) is 0 Å². The molecule has 17 heavy (non-hydrogen) atoms. The molecule has 2 aromatic carbocycles. The van der Waals surface area contributed by atoms with Crippen molar-refractivity contribution in [2.24, 2.45) is 0 Å². The number of nitrogen functional groups attached to an aromatic ring is 1. The van der Waals surface area contributed by atoms with Crippen molar-refractivity contribution in [3.05, 3.63) is 65.2 Å². The summed E-state index contributed by atoms with van der Waals surface area (Å²) >= 11 is 0. The monoisotopic (exact) mass is 227 g/mol. The first kappa shape index (κ1) is 11.7. The zero-order valence-corrected chi connectivity index (χ0v) is 9.93. The van der Waals surface area contributed by atoms with Gasteiger partial charge in [-0.1, -0.05) is 49.4 Å². The van der Waals surface area contributed by atoms with Crippen molar-refractivity contribution in [3.63, 3.8) is 0 Å². The molecule has 2 nitrogen and oxygen atoms in total. The van der Waals surface area contributed by atoms with Crippen LogP contribution >= 0.6 is 0 Å². The molecule has 0 saturated heterocycles. The van der Waals surface area contributed by atoms with Crippen LogP contribution in [0.3, 0.4) is 0 Å². The number of aliphatic hydroxyl groups excluding tert-OH is 1. The first-order valence-electron chi connectivity index (χ1n) is 5.83. The second-order valence-corrected chi connectivity index (χ2v) is 4.13. The molecule has 0 aliphatic heterocycles. The lowest BCUT2D eigenvalue weighted by Crippen LogP contribution is -2.03. The van der Waals surface area contributed by atoms with Gasteiger partial charge in [0, 0.05) is 11.3 Å². The molecule has 2 aromatic rings. The highest BCUT2D eigenvalue weighted by molar-refractivity contribution is 5.50. The van der Waals surface area contributed by atoms with Crippen LogP contribution in [-0.4, -0.2) is 5.11 Å². The van der Waals surface area contributed by atoms with Gasteiger partial charge in [-0.05, 0) is 23.6 Å². The van der Waals surface area contributed by atoms with E-state index in [4.69, 9.17) is 5.73 Å². The molecule has 2 heteroatoms. The first-order chi connectivity index (χ1) is 8.22. The van der Waals surface area contributed by atoms with Crippen molar-refractivity contribution in [1.82, 2.24) is 0 Å². The molecular weight excluding hydrogens is 210 g/mol. The van der Waals surface area contributed by atoms with E-state index in [1.807, 2.05) is 42.5 Å². The number of rotatable bonds is 3. The zero-order chi connectivity index (χ0) is 12.3. The van der Waals surface area contributed by atoms with Crippen LogP contribution in [0.5, 0.6) is 0 Å². The standard InChI is InChI=1S/C15H17NO/c1-2-11-7-9-12(10-8-11)15(17)13-5-3-4-6-14(13)16/h3-10,15,17H,2,16H2,1H3. The largest absolute Gasteiger partial charge is 0.398 e. The lowest BCUT2D eigenvalue weighted by molar-refractivity contribution is 0.221. The lowest BCUT2D eigenvalue weighted by Gasteiger charge is -2.14. The predicted octanol–water partition coefficient (Wildman–Crippen LogP) is 2.91. The summed E-state index contributed by atoms with van der Waals surface area (Å²) in [6.45, 7) is 2.11. The van der Waals surface area contributed by atoms with Gasteiger partial charge in [0.2, 0.25) is 0 Å². The van der Waals surface area contributed by atoms with Crippen molar-refractivity contribution in [2.75, 3.05) is 5.73 Å². The fourth-order valence-electron chi connectivity index (χ4n) is 1.88. The second kappa shape index (κ2) is 5.02. The van der Waals surface area contributed by atoms with Crippen molar-refractivity contribution in [3.8, 4) is 0 Å². The predicted molar refractivity (Wildman–Crippen MR) is 70.7 cm³/mol. The molecule has 88 valence electrons. The molecule has 0 aliphatic carbocycles. The summed E-state index contributed by atoms with van der Waals surface area (Å²) in [4.78, 5) is 0. The smallest absolute Gasteiger partial charge is 0.106 e. The van der Waals surface area contributed by atoms with Crippen LogP contribution in [0.2, 0.25) is 0 Å². The average molecular weight is 227 g/mol. The van der Waals surface area contributed by atoms with E-state index >= 15 is 0 Å². The highest BCUT2D eigenvalue weighted by Crippen LogP contribution is 2.26. The molecule has 3 N–H and O–H groups in total. The van der Waals surface area contributed by atoms with Crippen LogP contribution in [0.1, 0.15) is 29.7 Å². The minimum Gasteiger partial charge on any atom is -0.398 e. The Bertz CT molecular complexity index is 491. The fourth-order valence-corrected chi connectivity index (χ4v) is 1.88. The summed E-state index contributed by atoms with van der Waals surface area (Å²) in [5.74, 6) is 0. The van der Waals surface area contributed by atoms with Crippen LogP contribution in [0.15, 0.2) is 48.5 Å². The molecule has 0 aliphatic rings. The van der Waals surface area contributed by atoms with Gasteiger partial charge in [-0.3, -0.25) is 0 Å². The van der Waals surface area contributed by atoms with Crippen molar-refractivity contribution in [1.29, 1.82) is 0 Å². The molecule has 0 saturated carbocycles. The Morgan fingerprint density at radius 3 is 2.29 bits per heavy atom. The number of hydrogen-bond donors (Lipinski definition) is 2. The van der Waals surface area contributed by atoms with Crippen LogP contribution in [0, 0.1) is 0 Å². The van der Waals surface area contributed by atoms with Crippen LogP contribution in [0.4, 0.5) is 5.69 Å². The second-order valence-electron chi connectivity index (χ2n) is 4.13. The normalized spacial score (nSPS) is 12.4. The highest BCUT2D eigenvalue weighted by atomic mass is 16.3. The number of nitrogens with two attached hydrogens (primary N) is 1. The molecule has 0 fully saturated rings. The number of hydrogen-bond acceptors (Lipinski definition) is 2. The van der Waals surface area contributed by atoms with E-state index in [1.165, 1.54) is 5.56 Å². The van der Waals surface area contributed by atoms with E-state index in [2.05, 4.69) is 6.92 Å². The Morgan fingerprint density at radius 2 is 1.71 bits per heavy atom. The molecule has 0 bridgehead atoms. The minimum absolute atomic E-state index is 0.625. The van der Waals surface area contributed by atoms with E-state index in [9.17, 15) is 5.11 Å². The van der Waals surface area contributed by atoms with E-state index in [-0.39, 0.29) is 0 Å². The van der Waals surface area contributed by atoms with E-state index in [0.717, 1.165) is 17.5 Å². The Labute approximate surface area is 102 Å². The molecule has 0 heterocycles. The minimum atomic E-state index is -0.651. The van der Waals surface area contributed by atoms with Gasteiger partial charge in [0.05, 0.1) is 0 Å². The molecule has 0 amide bonds. The van der Waals surface area contributed by atoms with E-state index in [1.54, 1.807) is 6.07 Å². The molecule has 2 rings (SSSR count). The maximum Gasteiger partial charge on any atom is 0.106 e. The van der Waals surface area contributed by atoms with Gasteiger partial charge >= 0.3 is 0 Å². The Morgan fingerprint density at radius 1 is 1.06 bits per heavy atom. The third-order valence-electron chi connectivity index (χ3n) is 2.99. The Kier molecular flexibility index (Phi) is 3.45. The molecular formula is C15H17NO. The van der Waals surface area contributed by atoms with Gasteiger partial charge < -0.3 is 10.8 Å². The highest BCUT2D eigenvalue weighted by Gasteiger charge is 2.12. The van der Waals surface area contributed by atoms with Gasteiger partial charge in [-0.25, -0.2) is 0 Å². The number of anilines is 1. The van der Waals surface area contributed by atoms with Crippen LogP contribution in [-0.2, 0) is 6.42 Å². The quantitative estimate of drug-likeness (QED) is 0.792. The average Bonchev–Trinajstić information content (AvgIpc) is 2.39. The molecule has 0 spiro atoms. The maximum absolute atomic E-state index is 10.3. The molecule has 0 aromatic heterocycles. The summed E-state index contributed by atoms with van der Waals surface area (Å²) in [7, 11) is 0. The van der Waals surface area contributed by atoms with Gasteiger partial charge in [-0.2, -0.15) is 0 Å². The third kappa shape index (κ3) is 2.48. The number of benzene rings is 2. The number of para-hydroxylation sites is 1. The molecule has 1 atom stereocenters. The van der Waals surface area contributed by atoms with Crippen molar-refractivity contribution < 1.29 is 5.11 Å². The Hall–Kier alpha value is -1.80. The van der Waals surface area contributed by atoms with Crippen molar-refractivity contribution in [2.45, 2.75) is 19.4 Å². The van der Waals surface area contributed by atoms with E-state index in [0.29, 0.717) is 5.69 Å². The summed E-state index contributed by atoms with van der Waals surface area (Å²) in [6.07, 6.45) is 0.353. The van der Waals surface area contributed by atoms with Gasteiger partial charge in [0.1, 0.15) is 6.10 Å². The first-order valence-corrected chi connectivity index (χ1v) is 5.83. The summed E-state index contributed by atoms with van der Waals surface area (Å²) in [6, 6.07) is 15.4. The SMILES string of the molecule is CCc1ccc(C(O)c2ccccc2N)cc1. The number of aryl methyl sites for hydroxylation is 1. The number of aliphatic hydroxyl groups is 1. The Balaban J connectivity index is 2.30. The summed E-state index contributed by atoms with van der Waals surface area (Å²) < 4.78 is 0. The lowest BCUT2D eigenvalue weighted by atomic mass is 9.99. The van der Waals surface area contributed by atoms with E-state index < -0.39 is 6.10 Å². The fraction of sp³-hybridized carbons (Fsp3) is 0.200.